The van der Waals surface area contributed by atoms with Crippen LogP contribution < -0.4 is 10.5 Å². The molecule has 2 aromatic heterocycles. The molecule has 0 aliphatic carbocycles. The molecule has 1 aromatic carbocycles. The van der Waals surface area contributed by atoms with Crippen molar-refractivity contribution in [3.63, 3.8) is 0 Å². The van der Waals surface area contributed by atoms with E-state index in [4.69, 9.17) is 19.9 Å². The number of ether oxygens (including phenoxy) is 3. The third-order valence-corrected chi connectivity index (χ3v) is 5.32. The van der Waals surface area contributed by atoms with Gasteiger partial charge >= 0.3 is 5.97 Å². The summed E-state index contributed by atoms with van der Waals surface area (Å²) in [5, 5.41) is 15.0. The fourth-order valence-electron chi connectivity index (χ4n) is 3.32. The van der Waals surface area contributed by atoms with Gasteiger partial charge in [-0.05, 0) is 41.9 Å². The topological polar surface area (TPSA) is 135 Å². The minimum atomic E-state index is -1.86. The molecule has 1 fully saturated rings. The first kappa shape index (κ1) is 22.4. The number of aliphatic hydroxyl groups is 1. The average Bonchev–Trinajstić information content (AvgIpc) is 3.22. The Morgan fingerprint density at radius 1 is 1.34 bits per heavy atom. The van der Waals surface area contributed by atoms with Crippen LogP contribution in [-0.2, 0) is 9.47 Å². The molecule has 0 unspecified atom stereocenters. The number of aromatic nitrogens is 4. The number of aliphatic hydroxyl groups excluding tert-OH is 1. The first-order valence-electron chi connectivity index (χ1n) is 9.84. The molecule has 0 spiro atoms. The number of hydrogen-bond donors (Lipinski definition) is 2. The van der Waals surface area contributed by atoms with Crippen LogP contribution in [0.5, 0.6) is 5.88 Å². The number of anilines is 1. The summed E-state index contributed by atoms with van der Waals surface area (Å²) in [6, 6.07) is 8.32. The molecule has 3 N–H and O–H groups in total. The molecule has 0 saturated carbocycles. The Morgan fingerprint density at radius 3 is 2.75 bits per heavy atom. The molecule has 1 aliphatic rings. The molecule has 1 aliphatic heterocycles. The van der Waals surface area contributed by atoms with Gasteiger partial charge in [0.05, 0.1) is 11.7 Å². The van der Waals surface area contributed by atoms with Crippen LogP contribution in [0.15, 0.2) is 34.9 Å². The highest BCUT2D eigenvalue weighted by molar-refractivity contribution is 9.10. The maximum absolute atomic E-state index is 15.0. The number of carbonyl (C=O) groups excluding carboxylic acids is 1. The predicted octanol–water partition coefficient (Wildman–Crippen LogP) is 2.41. The number of rotatable bonds is 6. The van der Waals surface area contributed by atoms with Gasteiger partial charge in [-0.2, -0.15) is 15.1 Å². The number of carbonyl (C=O) groups is 1. The fraction of sp³-hybridized carbons (Fsp3) is 0.400. The highest BCUT2D eigenvalue weighted by Crippen LogP contribution is 2.38. The smallest absolute Gasteiger partial charge is 0.338 e. The third kappa shape index (κ3) is 4.25. The normalized spacial score (nSPS) is 23.1. The van der Waals surface area contributed by atoms with Crippen molar-refractivity contribution in [2.45, 2.75) is 44.6 Å². The monoisotopic (exact) mass is 509 g/mol. The summed E-state index contributed by atoms with van der Waals surface area (Å²) in [6.45, 7) is 3.29. The molecule has 3 aromatic rings. The summed E-state index contributed by atoms with van der Waals surface area (Å²) in [5.74, 6) is -0.518. The van der Waals surface area contributed by atoms with Gasteiger partial charge in [-0.3, -0.25) is 0 Å². The van der Waals surface area contributed by atoms with Crippen LogP contribution >= 0.6 is 15.9 Å². The van der Waals surface area contributed by atoms with E-state index in [1.807, 2.05) is 13.8 Å². The van der Waals surface area contributed by atoms with Crippen LogP contribution in [0.1, 0.15) is 30.4 Å². The highest BCUT2D eigenvalue weighted by Gasteiger charge is 2.47. The zero-order valence-corrected chi connectivity index (χ0v) is 18.8. The Morgan fingerprint density at radius 2 is 2.06 bits per heavy atom. The van der Waals surface area contributed by atoms with Crippen molar-refractivity contribution >= 4 is 38.9 Å². The molecule has 12 heteroatoms. The van der Waals surface area contributed by atoms with E-state index in [-0.39, 0.29) is 30.2 Å². The van der Waals surface area contributed by atoms with Crippen LogP contribution in [0.4, 0.5) is 10.3 Å². The number of fused-ring (bicyclic) bond motifs is 1. The maximum Gasteiger partial charge on any atom is 0.338 e. The summed E-state index contributed by atoms with van der Waals surface area (Å²) in [6.07, 6.45) is -6.06. The lowest BCUT2D eigenvalue weighted by Gasteiger charge is -2.15. The molecule has 4 atom stereocenters. The number of hydrogen-bond acceptors (Lipinski definition) is 9. The molecular formula is C20H21BrFN5O5. The second-order valence-corrected chi connectivity index (χ2v) is 8.20. The van der Waals surface area contributed by atoms with Crippen molar-refractivity contribution in [3.8, 4) is 5.88 Å². The molecule has 170 valence electrons. The van der Waals surface area contributed by atoms with Crippen molar-refractivity contribution < 1.29 is 28.5 Å². The van der Waals surface area contributed by atoms with E-state index in [0.717, 1.165) is 4.68 Å². The van der Waals surface area contributed by atoms with Crippen molar-refractivity contribution in [1.29, 1.82) is 0 Å². The standard InChI is InChI=1S/C20H21BrFN5O5/c1-9(2)31-17-12-15(21)26-27(16(12)24-20(23)25-17)18-13(22)14(28)11(32-18)8-30-19(29)10-6-4-3-5-7-10/h3-7,9,11,13-14,18,28H,8H2,1-2H3,(H2,23,24,25)/t11-,13+,14-,18-/m1/s1. The summed E-state index contributed by atoms with van der Waals surface area (Å²) in [5.41, 5.74) is 6.30. The number of nitrogen functional groups attached to an aromatic ring is 1. The van der Waals surface area contributed by atoms with E-state index < -0.39 is 30.6 Å². The Balaban J connectivity index is 1.58. The number of halogens is 2. The highest BCUT2D eigenvalue weighted by atomic mass is 79.9. The Labute approximate surface area is 190 Å². The minimum Gasteiger partial charge on any atom is -0.474 e. The fourth-order valence-corrected chi connectivity index (χ4v) is 3.84. The van der Waals surface area contributed by atoms with Crippen LogP contribution in [0.2, 0.25) is 0 Å². The van der Waals surface area contributed by atoms with Crippen LogP contribution in [0, 0.1) is 0 Å². The van der Waals surface area contributed by atoms with Gasteiger partial charge in [0.25, 0.3) is 0 Å². The van der Waals surface area contributed by atoms with E-state index >= 15 is 4.39 Å². The van der Waals surface area contributed by atoms with Gasteiger partial charge in [0, 0.05) is 0 Å². The van der Waals surface area contributed by atoms with Crippen LogP contribution in [-0.4, -0.2) is 61.9 Å². The third-order valence-electron chi connectivity index (χ3n) is 4.76. The van der Waals surface area contributed by atoms with Crippen molar-refractivity contribution in [2.24, 2.45) is 0 Å². The summed E-state index contributed by atoms with van der Waals surface area (Å²) in [7, 11) is 0. The summed E-state index contributed by atoms with van der Waals surface area (Å²) < 4.78 is 33.0. The van der Waals surface area contributed by atoms with Gasteiger partial charge in [-0.1, -0.05) is 18.2 Å². The molecule has 32 heavy (non-hydrogen) atoms. The number of benzene rings is 1. The number of nitrogens with two attached hydrogens (primary N) is 1. The van der Waals surface area contributed by atoms with E-state index in [9.17, 15) is 9.90 Å². The molecule has 1 saturated heterocycles. The van der Waals surface area contributed by atoms with Crippen molar-refractivity contribution in [3.05, 3.63) is 40.5 Å². The zero-order chi connectivity index (χ0) is 23.0. The molecule has 10 nitrogen and oxygen atoms in total. The molecule has 0 radical (unpaired) electrons. The second kappa shape index (κ2) is 8.96. The first-order chi connectivity index (χ1) is 15.3. The summed E-state index contributed by atoms with van der Waals surface area (Å²) in [4.78, 5) is 20.4. The molecule has 0 amide bonds. The molecular weight excluding hydrogens is 489 g/mol. The Bertz CT molecular complexity index is 1130. The van der Waals surface area contributed by atoms with Gasteiger partial charge in [-0.15, -0.1) is 0 Å². The van der Waals surface area contributed by atoms with Crippen molar-refractivity contribution in [1.82, 2.24) is 19.7 Å². The van der Waals surface area contributed by atoms with E-state index in [0.29, 0.717) is 15.6 Å². The van der Waals surface area contributed by atoms with E-state index in [1.165, 1.54) is 0 Å². The Hall–Kier alpha value is -2.83. The second-order valence-electron chi connectivity index (χ2n) is 7.45. The van der Waals surface area contributed by atoms with Gasteiger partial charge < -0.3 is 25.1 Å². The lowest BCUT2D eigenvalue weighted by molar-refractivity contribution is -0.0568. The number of nitrogens with zero attached hydrogens (tertiary/aromatic N) is 4. The van der Waals surface area contributed by atoms with Gasteiger partial charge in [-0.25, -0.2) is 13.9 Å². The zero-order valence-electron chi connectivity index (χ0n) is 17.2. The predicted molar refractivity (Wildman–Crippen MR) is 115 cm³/mol. The van der Waals surface area contributed by atoms with Gasteiger partial charge in [0.15, 0.2) is 18.0 Å². The number of esters is 1. The van der Waals surface area contributed by atoms with Crippen LogP contribution in [0.25, 0.3) is 11.0 Å². The first-order valence-corrected chi connectivity index (χ1v) is 10.6. The molecule has 3 heterocycles. The molecule has 4 rings (SSSR count). The maximum atomic E-state index is 15.0. The number of alkyl halides is 1. The SMILES string of the molecule is CC(C)Oc1nc(N)nc2c1c(Br)nn2[C@@H]1O[C@H](COC(=O)c2ccccc2)[C@@H](O)[C@@H]1F. The van der Waals surface area contributed by atoms with Crippen molar-refractivity contribution in [2.75, 3.05) is 12.3 Å². The van der Waals surface area contributed by atoms with E-state index in [2.05, 4.69) is 31.0 Å². The van der Waals surface area contributed by atoms with Gasteiger partial charge in [0.1, 0.15) is 28.8 Å². The summed E-state index contributed by atoms with van der Waals surface area (Å²) >= 11 is 3.31. The van der Waals surface area contributed by atoms with Gasteiger partial charge in [0.2, 0.25) is 11.8 Å². The molecule has 0 bridgehead atoms. The quantitative estimate of drug-likeness (QED) is 0.480. The lowest BCUT2D eigenvalue weighted by Crippen LogP contribution is -2.32. The Kier molecular flexibility index (Phi) is 6.26. The largest absolute Gasteiger partial charge is 0.474 e. The lowest BCUT2D eigenvalue weighted by atomic mass is 10.1. The van der Waals surface area contributed by atoms with E-state index in [1.54, 1.807) is 30.3 Å². The van der Waals surface area contributed by atoms with Crippen LogP contribution in [0.3, 0.4) is 0 Å². The average molecular weight is 510 g/mol. The minimum absolute atomic E-state index is 0.0934.